The van der Waals surface area contributed by atoms with Gasteiger partial charge in [-0.1, -0.05) is 26.0 Å². The van der Waals surface area contributed by atoms with Crippen LogP contribution in [-0.2, 0) is 5.41 Å². The van der Waals surface area contributed by atoms with E-state index in [1.165, 1.54) is 6.33 Å². The first-order chi connectivity index (χ1) is 9.99. The average Bonchev–Trinajstić information content (AvgIpc) is 2.47. The summed E-state index contributed by atoms with van der Waals surface area (Å²) in [5, 5.41) is 9.23. The standard InChI is InChI=1S/C17H16N2O2/c1-17(2)6-5-13(12-8-18-10-19-9-12)14-7-11(16(20)21)3-4-15(14)17/h3-5,7-10H,6H2,1-2H3,(H,20,21). The zero-order chi connectivity index (χ0) is 15.0. The fourth-order valence-corrected chi connectivity index (χ4v) is 2.78. The Morgan fingerprint density at radius 3 is 2.62 bits per heavy atom. The summed E-state index contributed by atoms with van der Waals surface area (Å²) in [4.78, 5) is 19.4. The van der Waals surface area contributed by atoms with Crippen molar-refractivity contribution in [3.63, 3.8) is 0 Å². The van der Waals surface area contributed by atoms with Crippen LogP contribution in [0.25, 0.3) is 5.57 Å². The van der Waals surface area contributed by atoms with Crippen LogP contribution in [0.15, 0.2) is 43.0 Å². The molecule has 1 heterocycles. The minimum Gasteiger partial charge on any atom is -0.478 e. The third-order valence-electron chi connectivity index (χ3n) is 3.97. The SMILES string of the molecule is CC1(C)CC=C(c2cncnc2)c2cc(C(=O)O)ccc21. The smallest absolute Gasteiger partial charge is 0.335 e. The van der Waals surface area contributed by atoms with E-state index in [2.05, 4.69) is 29.9 Å². The van der Waals surface area contributed by atoms with Gasteiger partial charge in [0.15, 0.2) is 0 Å². The van der Waals surface area contributed by atoms with Gasteiger partial charge in [0.2, 0.25) is 0 Å². The Hall–Kier alpha value is -2.49. The fourth-order valence-electron chi connectivity index (χ4n) is 2.78. The number of aromatic nitrogens is 2. The minimum atomic E-state index is -0.912. The highest BCUT2D eigenvalue weighted by molar-refractivity contribution is 5.91. The first-order valence-corrected chi connectivity index (χ1v) is 6.83. The van der Waals surface area contributed by atoms with Crippen LogP contribution >= 0.6 is 0 Å². The van der Waals surface area contributed by atoms with Crippen LogP contribution in [0.5, 0.6) is 0 Å². The normalized spacial score (nSPS) is 16.0. The van der Waals surface area contributed by atoms with Gasteiger partial charge in [0, 0.05) is 18.0 Å². The number of allylic oxidation sites excluding steroid dienone is 1. The first kappa shape index (κ1) is 13.5. The van der Waals surface area contributed by atoms with Crippen molar-refractivity contribution in [2.45, 2.75) is 25.7 Å². The highest BCUT2D eigenvalue weighted by Gasteiger charge is 2.29. The molecule has 0 spiro atoms. The number of fused-ring (bicyclic) bond motifs is 1. The predicted molar refractivity (Wildman–Crippen MR) is 80.2 cm³/mol. The third-order valence-corrected chi connectivity index (χ3v) is 3.97. The van der Waals surface area contributed by atoms with Crippen LogP contribution in [0.3, 0.4) is 0 Å². The Morgan fingerprint density at radius 2 is 1.95 bits per heavy atom. The van der Waals surface area contributed by atoms with E-state index >= 15 is 0 Å². The van der Waals surface area contributed by atoms with Gasteiger partial charge in [0.05, 0.1) is 5.56 Å². The molecule has 0 saturated carbocycles. The molecule has 4 nitrogen and oxygen atoms in total. The molecule has 21 heavy (non-hydrogen) atoms. The number of aromatic carboxylic acids is 1. The van der Waals surface area contributed by atoms with E-state index in [0.29, 0.717) is 5.56 Å². The van der Waals surface area contributed by atoms with Gasteiger partial charge in [0.25, 0.3) is 0 Å². The van der Waals surface area contributed by atoms with Crippen molar-refractivity contribution in [1.29, 1.82) is 0 Å². The summed E-state index contributed by atoms with van der Waals surface area (Å²) < 4.78 is 0. The average molecular weight is 280 g/mol. The van der Waals surface area contributed by atoms with Crippen molar-refractivity contribution < 1.29 is 9.90 Å². The zero-order valence-electron chi connectivity index (χ0n) is 12.0. The van der Waals surface area contributed by atoms with Crippen LogP contribution < -0.4 is 0 Å². The van der Waals surface area contributed by atoms with Gasteiger partial charge in [0.1, 0.15) is 6.33 Å². The largest absolute Gasteiger partial charge is 0.478 e. The monoisotopic (exact) mass is 280 g/mol. The van der Waals surface area contributed by atoms with Gasteiger partial charge in [-0.3, -0.25) is 0 Å². The van der Waals surface area contributed by atoms with E-state index in [9.17, 15) is 9.90 Å². The van der Waals surface area contributed by atoms with Gasteiger partial charge >= 0.3 is 5.97 Å². The highest BCUT2D eigenvalue weighted by atomic mass is 16.4. The van der Waals surface area contributed by atoms with E-state index in [0.717, 1.165) is 28.7 Å². The second-order valence-corrected chi connectivity index (χ2v) is 5.90. The number of carboxylic acid groups (broad SMARTS) is 1. The van der Waals surface area contributed by atoms with Crippen molar-refractivity contribution in [2.24, 2.45) is 0 Å². The van der Waals surface area contributed by atoms with E-state index in [4.69, 9.17) is 0 Å². The number of carbonyl (C=O) groups is 1. The van der Waals surface area contributed by atoms with Crippen LogP contribution in [0.4, 0.5) is 0 Å². The molecule has 106 valence electrons. The summed E-state index contributed by atoms with van der Waals surface area (Å²) in [7, 11) is 0. The lowest BCUT2D eigenvalue weighted by molar-refractivity contribution is 0.0697. The van der Waals surface area contributed by atoms with E-state index in [-0.39, 0.29) is 5.41 Å². The zero-order valence-corrected chi connectivity index (χ0v) is 12.0. The number of nitrogens with zero attached hydrogens (tertiary/aromatic N) is 2. The second kappa shape index (κ2) is 4.81. The molecule has 1 aliphatic carbocycles. The topological polar surface area (TPSA) is 63.1 Å². The first-order valence-electron chi connectivity index (χ1n) is 6.83. The molecule has 0 bridgehead atoms. The number of rotatable bonds is 2. The molecular weight excluding hydrogens is 264 g/mol. The number of hydrogen-bond donors (Lipinski definition) is 1. The maximum atomic E-state index is 11.2. The maximum absolute atomic E-state index is 11.2. The molecule has 0 radical (unpaired) electrons. The Bertz CT molecular complexity index is 734. The van der Waals surface area contributed by atoms with Crippen molar-refractivity contribution in [3.05, 3.63) is 65.2 Å². The molecule has 1 aromatic heterocycles. The maximum Gasteiger partial charge on any atom is 0.335 e. The van der Waals surface area contributed by atoms with Crippen LogP contribution in [0.1, 0.15) is 47.3 Å². The highest BCUT2D eigenvalue weighted by Crippen LogP contribution is 2.41. The predicted octanol–water partition coefficient (Wildman–Crippen LogP) is 3.29. The van der Waals surface area contributed by atoms with Crippen LogP contribution in [0.2, 0.25) is 0 Å². The Balaban J connectivity index is 2.21. The number of hydrogen-bond acceptors (Lipinski definition) is 3. The minimum absolute atomic E-state index is 0.00843. The summed E-state index contributed by atoms with van der Waals surface area (Å²) in [6, 6.07) is 5.35. The van der Waals surface area contributed by atoms with Gasteiger partial charge in [-0.05, 0) is 40.7 Å². The molecule has 0 unspecified atom stereocenters. The van der Waals surface area contributed by atoms with E-state index < -0.39 is 5.97 Å². The van der Waals surface area contributed by atoms with Crippen molar-refractivity contribution in [3.8, 4) is 0 Å². The fraction of sp³-hybridized carbons (Fsp3) is 0.235. The van der Waals surface area contributed by atoms with Crippen molar-refractivity contribution >= 4 is 11.5 Å². The van der Waals surface area contributed by atoms with Gasteiger partial charge in [-0.2, -0.15) is 0 Å². The summed E-state index contributed by atoms with van der Waals surface area (Å²) >= 11 is 0. The molecule has 0 amide bonds. The molecule has 0 fully saturated rings. The molecule has 3 rings (SSSR count). The summed E-state index contributed by atoms with van der Waals surface area (Å²) in [6.07, 6.45) is 8.05. The Labute approximate surface area is 123 Å². The lowest BCUT2D eigenvalue weighted by Crippen LogP contribution is -2.22. The van der Waals surface area contributed by atoms with E-state index in [1.54, 1.807) is 24.5 Å². The van der Waals surface area contributed by atoms with Gasteiger partial charge in [-0.15, -0.1) is 0 Å². The summed E-state index contributed by atoms with van der Waals surface area (Å²) in [6.45, 7) is 4.34. The third kappa shape index (κ3) is 2.33. The molecule has 1 aromatic carbocycles. The lowest BCUT2D eigenvalue weighted by Gasteiger charge is -2.32. The van der Waals surface area contributed by atoms with E-state index in [1.807, 2.05) is 6.07 Å². The van der Waals surface area contributed by atoms with Gasteiger partial charge in [-0.25, -0.2) is 14.8 Å². The number of carboxylic acids is 1. The lowest BCUT2D eigenvalue weighted by atomic mass is 9.72. The van der Waals surface area contributed by atoms with Crippen LogP contribution in [-0.4, -0.2) is 21.0 Å². The quantitative estimate of drug-likeness (QED) is 0.916. The molecule has 0 atom stereocenters. The van der Waals surface area contributed by atoms with Gasteiger partial charge < -0.3 is 5.11 Å². The van der Waals surface area contributed by atoms with Crippen molar-refractivity contribution in [1.82, 2.24) is 9.97 Å². The molecule has 1 aliphatic rings. The Morgan fingerprint density at radius 1 is 1.24 bits per heavy atom. The summed E-state index contributed by atoms with van der Waals surface area (Å²) in [5.74, 6) is -0.912. The molecule has 2 aromatic rings. The molecular formula is C17H16N2O2. The molecule has 4 heteroatoms. The molecule has 0 saturated heterocycles. The van der Waals surface area contributed by atoms with Crippen LogP contribution in [0, 0.1) is 0 Å². The Kier molecular flexibility index (Phi) is 3.09. The van der Waals surface area contributed by atoms with Crippen molar-refractivity contribution in [2.75, 3.05) is 0 Å². The number of benzene rings is 1. The molecule has 0 aliphatic heterocycles. The second-order valence-electron chi connectivity index (χ2n) is 5.90. The summed E-state index contributed by atoms with van der Waals surface area (Å²) in [5.41, 5.74) is 4.33. The molecule has 1 N–H and O–H groups in total.